The highest BCUT2D eigenvalue weighted by atomic mass is 32.2. The minimum Gasteiger partial charge on any atom is -0.378 e. The van der Waals surface area contributed by atoms with Gasteiger partial charge in [0.1, 0.15) is 5.69 Å². The molecule has 0 aromatic heterocycles. The lowest BCUT2D eigenvalue weighted by molar-refractivity contribution is -0.384. The number of nitrogens with one attached hydrogen (secondary N) is 3. The minimum absolute atomic E-state index is 0.0849. The molecule has 0 heterocycles. The van der Waals surface area contributed by atoms with Crippen molar-refractivity contribution in [3.8, 4) is 0 Å². The van der Waals surface area contributed by atoms with Crippen LogP contribution in [0.15, 0.2) is 28.1 Å². The van der Waals surface area contributed by atoms with Crippen molar-refractivity contribution in [3.63, 3.8) is 0 Å². The largest absolute Gasteiger partial charge is 0.378 e. The zero-order chi connectivity index (χ0) is 19.0. The van der Waals surface area contributed by atoms with Gasteiger partial charge in [-0.2, -0.15) is 0 Å². The Balaban J connectivity index is 2.81. The van der Waals surface area contributed by atoms with Gasteiger partial charge in [-0.15, -0.1) is 0 Å². The van der Waals surface area contributed by atoms with Crippen molar-refractivity contribution in [3.05, 3.63) is 28.3 Å². The maximum absolute atomic E-state index is 11.5. The number of anilines is 1. The number of aliphatic imine (C=N–C) groups is 1. The zero-order valence-electron chi connectivity index (χ0n) is 14.9. The SMILES string of the molecule is CCNC(=NCCNc1ccc(S(C)(=O)=O)cc1[N+](=O)[O-])NC(C)C. The molecule has 0 aliphatic heterocycles. The van der Waals surface area contributed by atoms with E-state index in [0.717, 1.165) is 18.9 Å². The van der Waals surface area contributed by atoms with Crippen molar-refractivity contribution in [2.24, 2.45) is 4.99 Å². The normalized spacial score (nSPS) is 12.1. The van der Waals surface area contributed by atoms with Crippen molar-refractivity contribution in [2.45, 2.75) is 31.7 Å². The van der Waals surface area contributed by atoms with Crippen molar-refractivity contribution < 1.29 is 13.3 Å². The Hall–Kier alpha value is -2.36. The Morgan fingerprint density at radius 3 is 2.56 bits per heavy atom. The summed E-state index contributed by atoms with van der Waals surface area (Å²) >= 11 is 0. The number of nitrogens with zero attached hydrogens (tertiary/aromatic N) is 2. The Labute approximate surface area is 148 Å². The summed E-state index contributed by atoms with van der Waals surface area (Å²) in [4.78, 5) is 14.8. The van der Waals surface area contributed by atoms with E-state index in [-0.39, 0.29) is 22.3 Å². The number of hydrogen-bond acceptors (Lipinski definition) is 6. The van der Waals surface area contributed by atoms with E-state index in [1.807, 2.05) is 20.8 Å². The maximum atomic E-state index is 11.5. The first-order valence-corrected chi connectivity index (χ1v) is 9.81. The van der Waals surface area contributed by atoms with Crippen LogP contribution in [0.3, 0.4) is 0 Å². The molecule has 3 N–H and O–H groups in total. The topological polar surface area (TPSA) is 126 Å². The van der Waals surface area contributed by atoms with Gasteiger partial charge in [0, 0.05) is 31.5 Å². The van der Waals surface area contributed by atoms with Crippen molar-refractivity contribution in [1.82, 2.24) is 10.6 Å². The van der Waals surface area contributed by atoms with Crippen LogP contribution in [0, 0.1) is 10.1 Å². The molecule has 25 heavy (non-hydrogen) atoms. The van der Waals surface area contributed by atoms with Gasteiger partial charge in [-0.1, -0.05) is 0 Å². The van der Waals surface area contributed by atoms with E-state index in [1.54, 1.807) is 0 Å². The third-order valence-electron chi connectivity index (χ3n) is 3.06. The summed E-state index contributed by atoms with van der Waals surface area (Å²) in [6.45, 7) is 7.45. The third-order valence-corrected chi connectivity index (χ3v) is 4.17. The molecule has 1 aromatic rings. The van der Waals surface area contributed by atoms with Crippen molar-refractivity contribution >= 4 is 27.2 Å². The number of nitro benzene ring substituents is 1. The summed E-state index contributed by atoms with van der Waals surface area (Å²) in [5, 5.41) is 20.4. The quantitative estimate of drug-likeness (QED) is 0.207. The van der Waals surface area contributed by atoms with Gasteiger partial charge >= 0.3 is 0 Å². The second-order valence-corrected chi connectivity index (χ2v) is 7.71. The van der Waals surface area contributed by atoms with Gasteiger partial charge in [-0.25, -0.2) is 8.42 Å². The first-order chi connectivity index (χ1) is 11.6. The van der Waals surface area contributed by atoms with Gasteiger partial charge in [-0.3, -0.25) is 15.1 Å². The van der Waals surface area contributed by atoms with Gasteiger partial charge < -0.3 is 16.0 Å². The first-order valence-electron chi connectivity index (χ1n) is 7.92. The van der Waals surface area contributed by atoms with E-state index in [4.69, 9.17) is 0 Å². The highest BCUT2D eigenvalue weighted by Crippen LogP contribution is 2.27. The van der Waals surface area contributed by atoms with Gasteiger partial charge in [0.15, 0.2) is 15.8 Å². The fraction of sp³-hybridized carbons (Fsp3) is 0.533. The molecule has 0 unspecified atom stereocenters. The number of sulfone groups is 1. The van der Waals surface area contributed by atoms with Gasteiger partial charge in [0.05, 0.1) is 16.4 Å². The fourth-order valence-electron chi connectivity index (χ4n) is 1.99. The summed E-state index contributed by atoms with van der Waals surface area (Å²) in [5.41, 5.74) is -0.0199. The summed E-state index contributed by atoms with van der Waals surface area (Å²) in [7, 11) is -3.50. The summed E-state index contributed by atoms with van der Waals surface area (Å²) < 4.78 is 23.1. The molecule has 0 atom stereocenters. The molecule has 0 aliphatic carbocycles. The van der Waals surface area contributed by atoms with Crippen LogP contribution in [0.2, 0.25) is 0 Å². The summed E-state index contributed by atoms with van der Waals surface area (Å²) in [6.07, 6.45) is 1.01. The number of nitro groups is 1. The Morgan fingerprint density at radius 2 is 2.04 bits per heavy atom. The molecule has 1 rings (SSSR count). The van der Waals surface area contributed by atoms with E-state index in [2.05, 4.69) is 20.9 Å². The fourth-order valence-corrected chi connectivity index (χ4v) is 2.64. The van der Waals surface area contributed by atoms with E-state index in [0.29, 0.717) is 19.0 Å². The van der Waals surface area contributed by atoms with E-state index in [9.17, 15) is 18.5 Å². The van der Waals surface area contributed by atoms with Crippen molar-refractivity contribution in [2.75, 3.05) is 31.2 Å². The number of benzene rings is 1. The summed E-state index contributed by atoms with van der Waals surface area (Å²) in [5.74, 6) is 0.668. The van der Waals surface area contributed by atoms with Crippen LogP contribution in [0.1, 0.15) is 20.8 Å². The summed E-state index contributed by atoms with van der Waals surface area (Å²) in [6, 6.07) is 4.04. The van der Waals surface area contributed by atoms with E-state index >= 15 is 0 Å². The lowest BCUT2D eigenvalue weighted by atomic mass is 10.2. The predicted octanol–water partition coefficient (Wildman–Crippen LogP) is 1.37. The first kappa shape index (κ1) is 20.7. The highest BCUT2D eigenvalue weighted by Gasteiger charge is 2.18. The highest BCUT2D eigenvalue weighted by molar-refractivity contribution is 7.90. The van der Waals surface area contributed by atoms with Gasteiger partial charge in [0.25, 0.3) is 5.69 Å². The Morgan fingerprint density at radius 1 is 1.36 bits per heavy atom. The second-order valence-electron chi connectivity index (χ2n) is 5.69. The smallest absolute Gasteiger partial charge is 0.293 e. The standard InChI is InChI=1S/C15H25N5O4S/c1-5-16-15(19-11(2)3)18-9-8-17-13-7-6-12(25(4,23)24)10-14(13)20(21)22/h6-7,10-11,17H,5,8-9H2,1-4H3,(H2,16,18,19). The molecule has 0 aliphatic rings. The number of guanidine groups is 1. The molecule has 0 radical (unpaired) electrons. The van der Waals surface area contributed by atoms with Crippen LogP contribution in [0.4, 0.5) is 11.4 Å². The molecule has 0 spiro atoms. The zero-order valence-corrected chi connectivity index (χ0v) is 15.7. The Bertz CT molecular complexity index is 731. The molecular formula is C15H25N5O4S. The van der Waals surface area contributed by atoms with Crippen LogP contribution >= 0.6 is 0 Å². The Kier molecular flexibility index (Phi) is 7.62. The van der Waals surface area contributed by atoms with Crippen molar-refractivity contribution in [1.29, 1.82) is 0 Å². The molecule has 0 fully saturated rings. The van der Waals surface area contributed by atoms with E-state index < -0.39 is 14.8 Å². The lowest BCUT2D eigenvalue weighted by Crippen LogP contribution is -2.41. The molecule has 0 saturated heterocycles. The van der Waals surface area contributed by atoms with Gasteiger partial charge in [0.2, 0.25) is 0 Å². The van der Waals surface area contributed by atoms with Gasteiger partial charge in [-0.05, 0) is 32.9 Å². The number of rotatable bonds is 8. The molecule has 0 amide bonds. The minimum atomic E-state index is -3.50. The third kappa shape index (κ3) is 6.96. The average molecular weight is 371 g/mol. The monoisotopic (exact) mass is 371 g/mol. The van der Waals surface area contributed by atoms with Crippen LogP contribution in [0.25, 0.3) is 0 Å². The molecule has 140 valence electrons. The molecule has 1 aromatic carbocycles. The van der Waals surface area contributed by atoms with Crippen LogP contribution in [-0.2, 0) is 9.84 Å². The molecule has 10 heteroatoms. The number of hydrogen-bond donors (Lipinski definition) is 3. The second kappa shape index (κ2) is 9.21. The van der Waals surface area contributed by atoms with Crippen LogP contribution in [0.5, 0.6) is 0 Å². The molecule has 0 saturated carbocycles. The van der Waals surface area contributed by atoms with Crippen LogP contribution < -0.4 is 16.0 Å². The molecule has 9 nitrogen and oxygen atoms in total. The maximum Gasteiger partial charge on any atom is 0.293 e. The molecule has 0 bridgehead atoms. The van der Waals surface area contributed by atoms with E-state index in [1.165, 1.54) is 12.1 Å². The average Bonchev–Trinajstić information content (AvgIpc) is 2.50. The molecular weight excluding hydrogens is 346 g/mol. The predicted molar refractivity (Wildman–Crippen MR) is 98.9 cm³/mol. The lowest BCUT2D eigenvalue weighted by Gasteiger charge is -2.14. The van der Waals surface area contributed by atoms with Crippen LogP contribution in [-0.4, -0.2) is 51.2 Å².